The molecule has 0 radical (unpaired) electrons. The Kier molecular flexibility index (Phi) is 6.19. The molecule has 2 aliphatic heterocycles. The first-order valence-corrected chi connectivity index (χ1v) is 8.58. The van der Waals surface area contributed by atoms with E-state index in [-0.39, 0.29) is 36.2 Å². The molecule has 0 spiro atoms. The summed E-state index contributed by atoms with van der Waals surface area (Å²) in [5.74, 6) is -0.684. The Morgan fingerprint density at radius 2 is 1.96 bits per heavy atom. The summed E-state index contributed by atoms with van der Waals surface area (Å²) in [4.78, 5) is 40.5. The second-order valence-corrected chi connectivity index (χ2v) is 6.53. The summed E-state index contributed by atoms with van der Waals surface area (Å²) in [6, 6.07) is 4.79. The zero-order valence-corrected chi connectivity index (χ0v) is 15.2. The molecule has 25 heavy (non-hydrogen) atoms. The number of hydrogen-bond donors (Lipinski definition) is 1. The summed E-state index contributed by atoms with van der Waals surface area (Å²) in [5.41, 5.74) is 7.11. The molecule has 1 unspecified atom stereocenters. The van der Waals surface area contributed by atoms with Gasteiger partial charge in [0.25, 0.3) is 17.7 Å². The number of fused-ring (bicyclic) bond motifs is 1. The molecule has 0 saturated carbocycles. The van der Waals surface area contributed by atoms with E-state index in [1.54, 1.807) is 23.1 Å². The third kappa shape index (κ3) is 3.70. The number of amides is 3. The fourth-order valence-corrected chi connectivity index (χ4v) is 3.32. The van der Waals surface area contributed by atoms with Gasteiger partial charge in [0.2, 0.25) is 0 Å². The molecule has 6 nitrogen and oxygen atoms in total. The third-order valence-electron chi connectivity index (χ3n) is 4.70. The molecule has 0 aromatic heterocycles. The average molecular weight is 366 g/mol. The minimum atomic E-state index is -0.298. The van der Waals surface area contributed by atoms with Gasteiger partial charge in [0.15, 0.2) is 0 Å². The quantitative estimate of drug-likeness (QED) is 0.828. The van der Waals surface area contributed by atoms with Crippen molar-refractivity contribution in [3.8, 4) is 0 Å². The van der Waals surface area contributed by atoms with Crippen LogP contribution in [0.25, 0.3) is 0 Å². The van der Waals surface area contributed by atoms with Gasteiger partial charge in [-0.05, 0) is 37.5 Å². The van der Waals surface area contributed by atoms with E-state index in [4.69, 9.17) is 5.73 Å². The van der Waals surface area contributed by atoms with Crippen molar-refractivity contribution in [1.29, 1.82) is 0 Å². The molecule has 2 heterocycles. The number of carbonyl (C=O) groups excluding carboxylic acids is 3. The highest BCUT2D eigenvalue weighted by Gasteiger charge is 2.36. The average Bonchev–Trinajstić information content (AvgIpc) is 2.83. The monoisotopic (exact) mass is 365 g/mol. The van der Waals surface area contributed by atoms with Gasteiger partial charge in [-0.25, -0.2) is 0 Å². The SMILES string of the molecule is CCCCN1C(=O)c2ccc(C(=O)N3CCCC(N)C3)cc2C1=O.Cl. The number of likely N-dealkylation sites (tertiary alicyclic amines) is 1. The topological polar surface area (TPSA) is 83.7 Å². The van der Waals surface area contributed by atoms with Crippen LogP contribution in [-0.2, 0) is 0 Å². The Balaban J connectivity index is 0.00000225. The lowest BCUT2D eigenvalue weighted by atomic mass is 10.0. The van der Waals surface area contributed by atoms with Crippen molar-refractivity contribution in [3.05, 3.63) is 34.9 Å². The third-order valence-corrected chi connectivity index (χ3v) is 4.70. The van der Waals surface area contributed by atoms with Gasteiger partial charge in [0.05, 0.1) is 11.1 Å². The van der Waals surface area contributed by atoms with Crippen molar-refractivity contribution in [2.75, 3.05) is 19.6 Å². The predicted molar refractivity (Wildman–Crippen MR) is 97.1 cm³/mol. The van der Waals surface area contributed by atoms with Crippen molar-refractivity contribution >= 4 is 30.1 Å². The van der Waals surface area contributed by atoms with Gasteiger partial charge in [-0.2, -0.15) is 0 Å². The Morgan fingerprint density at radius 1 is 1.24 bits per heavy atom. The Labute approximate surface area is 153 Å². The molecule has 3 amide bonds. The van der Waals surface area contributed by atoms with E-state index in [0.717, 1.165) is 25.7 Å². The fourth-order valence-electron chi connectivity index (χ4n) is 3.32. The van der Waals surface area contributed by atoms with Gasteiger partial charge in [-0.3, -0.25) is 19.3 Å². The highest BCUT2D eigenvalue weighted by atomic mass is 35.5. The highest BCUT2D eigenvalue weighted by molar-refractivity contribution is 6.22. The summed E-state index contributed by atoms with van der Waals surface area (Å²) in [5, 5.41) is 0. The van der Waals surface area contributed by atoms with Crippen LogP contribution in [-0.4, -0.2) is 53.2 Å². The number of unbranched alkanes of at least 4 members (excludes halogenated alkanes) is 1. The Hall–Kier alpha value is -1.92. The first-order chi connectivity index (χ1) is 11.5. The second-order valence-electron chi connectivity index (χ2n) is 6.53. The van der Waals surface area contributed by atoms with E-state index >= 15 is 0 Å². The zero-order valence-electron chi connectivity index (χ0n) is 14.4. The van der Waals surface area contributed by atoms with Crippen LogP contribution in [0.3, 0.4) is 0 Å². The molecule has 0 bridgehead atoms. The molecular formula is C18H24ClN3O3. The van der Waals surface area contributed by atoms with Crippen LogP contribution in [0.1, 0.15) is 63.7 Å². The number of rotatable bonds is 4. The molecule has 2 N–H and O–H groups in total. The number of piperidine rings is 1. The first-order valence-electron chi connectivity index (χ1n) is 8.58. The van der Waals surface area contributed by atoms with Gasteiger partial charge in [0, 0.05) is 31.2 Å². The predicted octanol–water partition coefficient (Wildman–Crippen LogP) is 2.07. The van der Waals surface area contributed by atoms with Gasteiger partial charge in [-0.15, -0.1) is 12.4 Å². The van der Waals surface area contributed by atoms with Crippen LogP contribution in [0, 0.1) is 0 Å². The van der Waals surface area contributed by atoms with Crippen LogP contribution >= 0.6 is 12.4 Å². The van der Waals surface area contributed by atoms with Crippen LogP contribution in [0.5, 0.6) is 0 Å². The van der Waals surface area contributed by atoms with E-state index in [0.29, 0.717) is 36.3 Å². The largest absolute Gasteiger partial charge is 0.337 e. The maximum Gasteiger partial charge on any atom is 0.261 e. The van der Waals surface area contributed by atoms with Crippen molar-refractivity contribution in [3.63, 3.8) is 0 Å². The lowest BCUT2D eigenvalue weighted by molar-refractivity contribution is 0.0651. The van der Waals surface area contributed by atoms with Gasteiger partial charge >= 0.3 is 0 Å². The van der Waals surface area contributed by atoms with Gasteiger partial charge < -0.3 is 10.6 Å². The second kappa shape index (κ2) is 7.97. The summed E-state index contributed by atoms with van der Waals surface area (Å²) in [7, 11) is 0. The molecule has 3 rings (SSSR count). The van der Waals surface area contributed by atoms with Crippen molar-refractivity contribution < 1.29 is 14.4 Å². The molecule has 1 saturated heterocycles. The molecule has 1 fully saturated rings. The lowest BCUT2D eigenvalue weighted by Gasteiger charge is -2.30. The van der Waals surface area contributed by atoms with Crippen LogP contribution in [0.4, 0.5) is 0 Å². The molecule has 2 aliphatic rings. The van der Waals surface area contributed by atoms with E-state index in [1.165, 1.54) is 4.90 Å². The van der Waals surface area contributed by atoms with E-state index in [1.807, 2.05) is 6.92 Å². The Morgan fingerprint density at radius 3 is 2.64 bits per heavy atom. The molecular weight excluding hydrogens is 342 g/mol. The lowest BCUT2D eigenvalue weighted by Crippen LogP contribution is -2.45. The van der Waals surface area contributed by atoms with Crippen molar-refractivity contribution in [2.45, 2.75) is 38.6 Å². The fraction of sp³-hybridized carbons (Fsp3) is 0.500. The number of imide groups is 1. The Bertz CT molecular complexity index is 692. The number of halogens is 1. The summed E-state index contributed by atoms with van der Waals surface area (Å²) < 4.78 is 0. The molecule has 1 atom stereocenters. The number of nitrogens with two attached hydrogens (primary N) is 1. The van der Waals surface area contributed by atoms with Crippen molar-refractivity contribution in [1.82, 2.24) is 9.80 Å². The minimum Gasteiger partial charge on any atom is -0.337 e. The summed E-state index contributed by atoms with van der Waals surface area (Å²) >= 11 is 0. The minimum absolute atomic E-state index is 0. The molecule has 7 heteroatoms. The smallest absolute Gasteiger partial charge is 0.261 e. The standard InChI is InChI=1S/C18H23N3O3.ClH/c1-2-3-9-21-17(23)14-7-6-12(10-15(14)18(21)24)16(22)20-8-4-5-13(19)11-20;/h6-7,10,13H,2-5,8-9,11,19H2,1H3;1H. The maximum absolute atomic E-state index is 12.6. The summed E-state index contributed by atoms with van der Waals surface area (Å²) in [6.45, 7) is 3.65. The van der Waals surface area contributed by atoms with E-state index < -0.39 is 0 Å². The molecule has 1 aromatic rings. The van der Waals surface area contributed by atoms with Gasteiger partial charge in [-0.1, -0.05) is 13.3 Å². The van der Waals surface area contributed by atoms with Crippen LogP contribution in [0.2, 0.25) is 0 Å². The summed E-state index contributed by atoms with van der Waals surface area (Å²) in [6.07, 6.45) is 3.50. The number of hydrogen-bond acceptors (Lipinski definition) is 4. The van der Waals surface area contributed by atoms with E-state index in [2.05, 4.69) is 0 Å². The van der Waals surface area contributed by atoms with Crippen LogP contribution in [0.15, 0.2) is 18.2 Å². The normalized spacial score (nSPS) is 19.7. The van der Waals surface area contributed by atoms with Crippen LogP contribution < -0.4 is 5.73 Å². The number of nitrogens with zero attached hydrogens (tertiary/aromatic N) is 2. The highest BCUT2D eigenvalue weighted by Crippen LogP contribution is 2.25. The first kappa shape index (κ1) is 19.4. The number of benzene rings is 1. The molecule has 1 aromatic carbocycles. The molecule has 0 aliphatic carbocycles. The zero-order chi connectivity index (χ0) is 17.3. The van der Waals surface area contributed by atoms with Crippen molar-refractivity contribution in [2.24, 2.45) is 5.73 Å². The van der Waals surface area contributed by atoms with E-state index in [9.17, 15) is 14.4 Å². The number of carbonyl (C=O) groups is 3. The maximum atomic E-state index is 12.6. The van der Waals surface area contributed by atoms with Gasteiger partial charge in [0.1, 0.15) is 0 Å². The molecule has 136 valence electrons.